The van der Waals surface area contributed by atoms with Crippen molar-refractivity contribution in [3.63, 3.8) is 0 Å². The molecule has 1 aliphatic rings. The van der Waals surface area contributed by atoms with Gasteiger partial charge in [0.2, 0.25) is 20.0 Å². The normalized spacial score (nSPS) is 20.6. The summed E-state index contributed by atoms with van der Waals surface area (Å²) in [5.41, 5.74) is 0.803. The van der Waals surface area contributed by atoms with E-state index in [-0.39, 0.29) is 40.8 Å². The number of benzene rings is 2. The predicted molar refractivity (Wildman–Crippen MR) is 132 cm³/mol. The second-order valence-corrected chi connectivity index (χ2v) is 14.6. The van der Waals surface area contributed by atoms with Crippen LogP contribution in [0.2, 0.25) is 0 Å². The van der Waals surface area contributed by atoms with Gasteiger partial charge in [0.15, 0.2) is 9.84 Å². The molecule has 1 atom stereocenters. The molecule has 0 unspecified atom stereocenters. The van der Waals surface area contributed by atoms with Crippen molar-refractivity contribution >= 4 is 29.9 Å². The SMILES string of the molecule is CCc1ccc(S(=O)(=O)NCCN([C@]2(C)CCS(=O)(=O)C2)S(=O)(=O)c2ccc(CC)cc2)cc1. The van der Waals surface area contributed by atoms with E-state index in [4.69, 9.17) is 0 Å². The van der Waals surface area contributed by atoms with E-state index in [2.05, 4.69) is 4.72 Å². The standard InChI is InChI=1S/C23H32N2O6S3/c1-4-19-6-10-21(11-7-19)33(28,29)24-15-16-25(23(3)14-17-32(26,27)18-23)34(30,31)22-12-8-20(5-2)9-13-22/h6-13,24H,4-5,14-18H2,1-3H3/t23-/m1/s1. The van der Waals surface area contributed by atoms with E-state index < -0.39 is 35.4 Å². The van der Waals surface area contributed by atoms with Crippen molar-refractivity contribution in [1.82, 2.24) is 9.03 Å². The van der Waals surface area contributed by atoms with E-state index in [1.807, 2.05) is 13.8 Å². The largest absolute Gasteiger partial charge is 0.243 e. The number of nitrogens with one attached hydrogen (secondary N) is 1. The van der Waals surface area contributed by atoms with Gasteiger partial charge in [-0.3, -0.25) is 0 Å². The van der Waals surface area contributed by atoms with Gasteiger partial charge in [-0.15, -0.1) is 0 Å². The molecule has 188 valence electrons. The van der Waals surface area contributed by atoms with Crippen LogP contribution in [0.3, 0.4) is 0 Å². The van der Waals surface area contributed by atoms with Gasteiger partial charge in [-0.05, 0) is 61.6 Å². The molecule has 1 heterocycles. The molecule has 0 aliphatic carbocycles. The summed E-state index contributed by atoms with van der Waals surface area (Å²) in [7, 11) is -11.3. The third-order valence-corrected chi connectivity index (χ3v) is 11.7. The first-order chi connectivity index (χ1) is 15.8. The average Bonchev–Trinajstić information content (AvgIpc) is 3.09. The molecule has 0 radical (unpaired) electrons. The summed E-state index contributed by atoms with van der Waals surface area (Å²) in [6, 6.07) is 12.9. The predicted octanol–water partition coefficient (Wildman–Crippen LogP) is 2.36. The minimum absolute atomic E-state index is 0.0493. The first kappa shape index (κ1) is 26.8. The Kier molecular flexibility index (Phi) is 7.93. The first-order valence-electron chi connectivity index (χ1n) is 11.2. The molecule has 0 saturated carbocycles. The first-order valence-corrected chi connectivity index (χ1v) is 16.0. The fraction of sp³-hybridized carbons (Fsp3) is 0.478. The van der Waals surface area contributed by atoms with Gasteiger partial charge in [-0.25, -0.2) is 30.0 Å². The minimum atomic E-state index is -4.08. The molecule has 2 aromatic carbocycles. The number of rotatable bonds is 10. The van der Waals surface area contributed by atoms with E-state index in [0.717, 1.165) is 28.3 Å². The highest BCUT2D eigenvalue weighted by molar-refractivity contribution is 7.92. The van der Waals surface area contributed by atoms with Gasteiger partial charge in [-0.2, -0.15) is 4.31 Å². The topological polar surface area (TPSA) is 118 Å². The number of sulfonamides is 2. The lowest BCUT2D eigenvalue weighted by atomic mass is 10.0. The van der Waals surface area contributed by atoms with E-state index in [1.54, 1.807) is 31.2 Å². The van der Waals surface area contributed by atoms with Gasteiger partial charge < -0.3 is 0 Å². The summed E-state index contributed by atoms with van der Waals surface area (Å²) >= 11 is 0. The molecular weight excluding hydrogens is 496 g/mol. The highest BCUT2D eigenvalue weighted by Crippen LogP contribution is 2.34. The Bertz CT molecular complexity index is 1320. The molecular formula is C23H32N2O6S3. The molecule has 34 heavy (non-hydrogen) atoms. The third kappa shape index (κ3) is 5.88. The maximum atomic E-state index is 13.6. The quantitative estimate of drug-likeness (QED) is 0.506. The molecule has 1 fully saturated rings. The number of hydrogen-bond acceptors (Lipinski definition) is 6. The van der Waals surface area contributed by atoms with Crippen molar-refractivity contribution in [2.75, 3.05) is 24.6 Å². The van der Waals surface area contributed by atoms with Gasteiger partial charge in [0.25, 0.3) is 0 Å². The maximum Gasteiger partial charge on any atom is 0.243 e. The summed E-state index contributed by atoms with van der Waals surface area (Å²) in [6.45, 7) is 5.14. The Morgan fingerprint density at radius 1 is 0.882 bits per heavy atom. The van der Waals surface area contributed by atoms with E-state index >= 15 is 0 Å². The van der Waals surface area contributed by atoms with Crippen LogP contribution in [-0.4, -0.2) is 59.7 Å². The second kappa shape index (κ2) is 10.1. The second-order valence-electron chi connectivity index (χ2n) is 8.81. The number of aryl methyl sites for hydroxylation is 2. The molecule has 0 aromatic heterocycles. The smallest absolute Gasteiger partial charge is 0.229 e. The van der Waals surface area contributed by atoms with Gasteiger partial charge in [0.05, 0.1) is 21.3 Å². The van der Waals surface area contributed by atoms with Crippen LogP contribution in [-0.2, 0) is 42.7 Å². The lowest BCUT2D eigenvalue weighted by molar-refractivity contribution is 0.236. The summed E-state index contributed by atoms with van der Waals surface area (Å²) in [4.78, 5) is 0.136. The van der Waals surface area contributed by atoms with Crippen LogP contribution >= 0.6 is 0 Å². The maximum absolute atomic E-state index is 13.6. The summed E-state index contributed by atoms with van der Waals surface area (Å²) in [5.74, 6) is -0.419. The Morgan fingerprint density at radius 3 is 1.82 bits per heavy atom. The Balaban J connectivity index is 1.87. The minimum Gasteiger partial charge on any atom is -0.229 e. The molecule has 1 aliphatic heterocycles. The van der Waals surface area contributed by atoms with Gasteiger partial charge >= 0.3 is 0 Å². The van der Waals surface area contributed by atoms with Crippen molar-refractivity contribution < 1.29 is 25.3 Å². The fourth-order valence-corrected chi connectivity index (χ4v) is 9.21. The monoisotopic (exact) mass is 528 g/mol. The Labute approximate surface area is 203 Å². The molecule has 8 nitrogen and oxygen atoms in total. The van der Waals surface area contributed by atoms with Gasteiger partial charge in [-0.1, -0.05) is 38.1 Å². The number of hydrogen-bond donors (Lipinski definition) is 1. The van der Waals surface area contributed by atoms with Crippen LogP contribution < -0.4 is 4.72 Å². The highest BCUT2D eigenvalue weighted by atomic mass is 32.2. The zero-order chi connectivity index (χ0) is 25.2. The molecule has 0 amide bonds. The summed E-state index contributed by atoms with van der Waals surface area (Å²) in [5, 5.41) is 0. The number of sulfone groups is 1. The van der Waals surface area contributed by atoms with E-state index in [1.165, 1.54) is 24.3 Å². The van der Waals surface area contributed by atoms with Crippen molar-refractivity contribution in [3.05, 3.63) is 59.7 Å². The van der Waals surface area contributed by atoms with Crippen LogP contribution in [0.5, 0.6) is 0 Å². The van der Waals surface area contributed by atoms with Crippen LogP contribution in [0, 0.1) is 0 Å². The van der Waals surface area contributed by atoms with Gasteiger partial charge in [0.1, 0.15) is 0 Å². The van der Waals surface area contributed by atoms with Crippen molar-refractivity contribution in [2.45, 2.75) is 55.4 Å². The fourth-order valence-electron chi connectivity index (χ4n) is 4.16. The third-order valence-electron chi connectivity index (χ3n) is 6.25. The molecule has 1 saturated heterocycles. The van der Waals surface area contributed by atoms with Crippen molar-refractivity contribution in [2.24, 2.45) is 0 Å². The zero-order valence-electron chi connectivity index (χ0n) is 19.7. The molecule has 1 N–H and O–H groups in total. The molecule has 0 bridgehead atoms. The summed E-state index contributed by atoms with van der Waals surface area (Å²) < 4.78 is 80.7. The van der Waals surface area contributed by atoms with Gasteiger partial charge in [0, 0.05) is 18.6 Å². The van der Waals surface area contributed by atoms with Crippen LogP contribution in [0.4, 0.5) is 0 Å². The Hall–Kier alpha value is -1.79. The van der Waals surface area contributed by atoms with Crippen LogP contribution in [0.1, 0.15) is 38.3 Å². The van der Waals surface area contributed by atoms with Crippen molar-refractivity contribution in [3.8, 4) is 0 Å². The molecule has 0 spiro atoms. The lowest BCUT2D eigenvalue weighted by Crippen LogP contribution is -2.53. The van der Waals surface area contributed by atoms with Crippen LogP contribution in [0.25, 0.3) is 0 Å². The molecule has 11 heteroatoms. The lowest BCUT2D eigenvalue weighted by Gasteiger charge is -2.36. The highest BCUT2D eigenvalue weighted by Gasteiger charge is 2.47. The Morgan fingerprint density at radius 2 is 1.38 bits per heavy atom. The number of nitrogens with zero attached hydrogens (tertiary/aromatic N) is 1. The van der Waals surface area contributed by atoms with Crippen LogP contribution in [0.15, 0.2) is 58.3 Å². The molecule has 2 aromatic rings. The average molecular weight is 529 g/mol. The van der Waals surface area contributed by atoms with Crippen molar-refractivity contribution in [1.29, 1.82) is 0 Å². The van der Waals surface area contributed by atoms with E-state index in [0.29, 0.717) is 0 Å². The van der Waals surface area contributed by atoms with E-state index in [9.17, 15) is 25.3 Å². The zero-order valence-corrected chi connectivity index (χ0v) is 22.1. The molecule has 3 rings (SSSR count). The summed E-state index contributed by atoms with van der Waals surface area (Å²) in [6.07, 6.45) is 1.68.